The molecular formula is C39H26N4. The Kier molecular flexibility index (Phi) is 6.08. The lowest BCUT2D eigenvalue weighted by Gasteiger charge is -2.10. The molecule has 8 rings (SSSR count). The third kappa shape index (κ3) is 4.55. The van der Waals surface area contributed by atoms with Crippen molar-refractivity contribution < 1.29 is 0 Å². The lowest BCUT2D eigenvalue weighted by atomic mass is 10.0. The normalized spacial score (nSPS) is 11.3. The molecule has 0 bridgehead atoms. The van der Waals surface area contributed by atoms with Crippen molar-refractivity contribution in [2.45, 2.75) is 0 Å². The van der Waals surface area contributed by atoms with Crippen molar-refractivity contribution in [1.29, 1.82) is 0 Å². The van der Waals surface area contributed by atoms with E-state index in [1.807, 2.05) is 60.7 Å². The van der Waals surface area contributed by atoms with Gasteiger partial charge in [-0.3, -0.25) is 0 Å². The fourth-order valence-corrected chi connectivity index (χ4v) is 5.76. The minimum Gasteiger partial charge on any atom is -0.309 e. The molecule has 0 fully saturated rings. The van der Waals surface area contributed by atoms with Crippen molar-refractivity contribution in [3.8, 4) is 51.0 Å². The molecule has 4 nitrogen and oxygen atoms in total. The first kappa shape index (κ1) is 24.9. The van der Waals surface area contributed by atoms with Crippen LogP contribution in [0, 0.1) is 0 Å². The molecule has 2 heterocycles. The quantitative estimate of drug-likeness (QED) is 0.214. The summed E-state index contributed by atoms with van der Waals surface area (Å²) in [7, 11) is 0. The number of rotatable bonds is 5. The average Bonchev–Trinajstić information content (AvgIpc) is 3.42. The fraction of sp³-hybridized carbons (Fsp3) is 0. The van der Waals surface area contributed by atoms with Crippen molar-refractivity contribution in [2.24, 2.45) is 0 Å². The number of nitrogens with zero attached hydrogens (tertiary/aromatic N) is 4. The summed E-state index contributed by atoms with van der Waals surface area (Å²) in [5.41, 5.74) is 8.60. The van der Waals surface area contributed by atoms with E-state index >= 15 is 0 Å². The third-order valence-electron chi connectivity index (χ3n) is 7.85. The molecule has 0 amide bonds. The molecule has 2 aromatic heterocycles. The maximum Gasteiger partial charge on any atom is 0.164 e. The molecule has 0 unspecified atom stereocenters. The monoisotopic (exact) mass is 550 g/mol. The maximum absolute atomic E-state index is 4.98. The van der Waals surface area contributed by atoms with Gasteiger partial charge in [0, 0.05) is 33.2 Å². The number of aromatic nitrogens is 4. The highest BCUT2D eigenvalue weighted by Crippen LogP contribution is 2.37. The number of hydrogen-bond acceptors (Lipinski definition) is 3. The highest BCUT2D eigenvalue weighted by atomic mass is 15.0. The molecule has 202 valence electrons. The topological polar surface area (TPSA) is 43.6 Å². The van der Waals surface area contributed by atoms with Gasteiger partial charge in [0.25, 0.3) is 0 Å². The second kappa shape index (κ2) is 10.5. The van der Waals surface area contributed by atoms with Crippen LogP contribution in [0.3, 0.4) is 0 Å². The molecule has 6 aromatic carbocycles. The summed E-state index contributed by atoms with van der Waals surface area (Å²) in [6.45, 7) is 0. The number of fused-ring (bicyclic) bond motifs is 3. The summed E-state index contributed by atoms with van der Waals surface area (Å²) >= 11 is 0. The van der Waals surface area contributed by atoms with Gasteiger partial charge in [-0.05, 0) is 35.4 Å². The largest absolute Gasteiger partial charge is 0.309 e. The van der Waals surface area contributed by atoms with Crippen LogP contribution in [-0.4, -0.2) is 19.5 Å². The fourth-order valence-electron chi connectivity index (χ4n) is 5.76. The van der Waals surface area contributed by atoms with Crippen LogP contribution in [0.1, 0.15) is 0 Å². The third-order valence-corrected chi connectivity index (χ3v) is 7.85. The van der Waals surface area contributed by atoms with Crippen molar-refractivity contribution >= 4 is 21.8 Å². The number of para-hydroxylation sites is 1. The predicted octanol–water partition coefficient (Wildman–Crippen LogP) is 9.64. The van der Waals surface area contributed by atoms with E-state index < -0.39 is 0 Å². The first-order valence-electron chi connectivity index (χ1n) is 14.4. The zero-order valence-electron chi connectivity index (χ0n) is 23.3. The molecule has 0 aliphatic carbocycles. The van der Waals surface area contributed by atoms with Crippen LogP contribution in [-0.2, 0) is 0 Å². The summed E-state index contributed by atoms with van der Waals surface area (Å²) in [5, 5.41) is 2.39. The highest BCUT2D eigenvalue weighted by Gasteiger charge is 2.17. The van der Waals surface area contributed by atoms with Gasteiger partial charge in [-0.25, -0.2) is 15.0 Å². The second-order valence-electron chi connectivity index (χ2n) is 10.5. The van der Waals surface area contributed by atoms with Crippen molar-refractivity contribution in [2.75, 3.05) is 0 Å². The van der Waals surface area contributed by atoms with Crippen LogP contribution in [0.15, 0.2) is 158 Å². The Bertz CT molecular complexity index is 2150. The van der Waals surface area contributed by atoms with E-state index in [2.05, 4.69) is 102 Å². The van der Waals surface area contributed by atoms with E-state index in [1.165, 1.54) is 21.9 Å². The first-order chi connectivity index (χ1) is 21.3. The molecule has 0 radical (unpaired) electrons. The van der Waals surface area contributed by atoms with Crippen molar-refractivity contribution in [1.82, 2.24) is 19.5 Å². The van der Waals surface area contributed by atoms with E-state index in [9.17, 15) is 0 Å². The molecule has 0 aliphatic rings. The van der Waals surface area contributed by atoms with Crippen molar-refractivity contribution in [3.63, 3.8) is 0 Å². The molecular weight excluding hydrogens is 524 g/mol. The minimum absolute atomic E-state index is 0.643. The van der Waals surface area contributed by atoms with Gasteiger partial charge in [-0.2, -0.15) is 0 Å². The summed E-state index contributed by atoms with van der Waals surface area (Å²) in [6, 6.07) is 54.5. The average molecular weight is 551 g/mol. The molecule has 43 heavy (non-hydrogen) atoms. The van der Waals surface area contributed by atoms with E-state index in [0.717, 1.165) is 33.4 Å². The zero-order chi connectivity index (χ0) is 28.6. The molecule has 0 atom stereocenters. The summed E-state index contributed by atoms with van der Waals surface area (Å²) in [6.07, 6.45) is 0. The van der Waals surface area contributed by atoms with E-state index in [0.29, 0.717) is 17.5 Å². The van der Waals surface area contributed by atoms with E-state index in [-0.39, 0.29) is 0 Å². The van der Waals surface area contributed by atoms with Gasteiger partial charge in [-0.15, -0.1) is 0 Å². The molecule has 4 heteroatoms. The Morgan fingerprint density at radius 2 is 0.721 bits per heavy atom. The highest BCUT2D eigenvalue weighted by molar-refractivity contribution is 6.11. The molecule has 0 N–H and O–H groups in total. The second-order valence-corrected chi connectivity index (χ2v) is 10.5. The standard InChI is InChI=1S/C39H26N4/c1-5-13-27(14-6-1)30-21-23-33-34-24-22-31(26-36(34)43(35(33)25-30)32-19-11-4-12-20-32)39-41-37(28-15-7-2-8-16-28)40-38(42-39)29-17-9-3-10-18-29/h1-26H. The van der Waals surface area contributed by atoms with Crippen LogP contribution in [0.5, 0.6) is 0 Å². The molecule has 0 saturated heterocycles. The predicted molar refractivity (Wildman–Crippen MR) is 176 cm³/mol. The Balaban J connectivity index is 1.37. The van der Waals surface area contributed by atoms with Gasteiger partial charge < -0.3 is 4.57 Å². The first-order valence-corrected chi connectivity index (χ1v) is 14.4. The van der Waals surface area contributed by atoms with Gasteiger partial charge >= 0.3 is 0 Å². The van der Waals surface area contributed by atoms with Crippen LogP contribution in [0.4, 0.5) is 0 Å². The van der Waals surface area contributed by atoms with Crippen LogP contribution in [0.25, 0.3) is 72.8 Å². The van der Waals surface area contributed by atoms with Gasteiger partial charge in [0.2, 0.25) is 0 Å². The minimum atomic E-state index is 0.643. The van der Waals surface area contributed by atoms with E-state index in [1.54, 1.807) is 0 Å². The molecule has 0 saturated carbocycles. The molecule has 0 aliphatic heterocycles. The lowest BCUT2D eigenvalue weighted by Crippen LogP contribution is -2.00. The molecule has 8 aromatic rings. The SMILES string of the molecule is c1ccc(-c2ccc3c4ccc(-c5nc(-c6ccccc6)nc(-c6ccccc6)n5)cc4n(-c4ccccc4)c3c2)cc1. The summed E-state index contributed by atoms with van der Waals surface area (Å²) in [4.78, 5) is 14.8. The summed E-state index contributed by atoms with van der Waals surface area (Å²) in [5.74, 6) is 1.95. The lowest BCUT2D eigenvalue weighted by molar-refractivity contribution is 1.07. The zero-order valence-corrected chi connectivity index (χ0v) is 23.3. The van der Waals surface area contributed by atoms with Gasteiger partial charge in [0.1, 0.15) is 0 Å². The number of hydrogen-bond donors (Lipinski definition) is 0. The van der Waals surface area contributed by atoms with Crippen LogP contribution in [0.2, 0.25) is 0 Å². The number of benzene rings is 6. The van der Waals surface area contributed by atoms with Gasteiger partial charge in [0.05, 0.1) is 11.0 Å². The Labute approximate surface area is 249 Å². The molecule has 0 spiro atoms. The van der Waals surface area contributed by atoms with Gasteiger partial charge in [-0.1, -0.05) is 133 Å². The van der Waals surface area contributed by atoms with Gasteiger partial charge in [0.15, 0.2) is 17.5 Å². The van der Waals surface area contributed by atoms with E-state index in [4.69, 9.17) is 15.0 Å². The Morgan fingerprint density at radius 1 is 0.326 bits per heavy atom. The Hall–Kier alpha value is -5.87. The Morgan fingerprint density at radius 3 is 1.23 bits per heavy atom. The van der Waals surface area contributed by atoms with Crippen molar-refractivity contribution in [3.05, 3.63) is 158 Å². The van der Waals surface area contributed by atoms with Crippen LogP contribution >= 0.6 is 0 Å². The summed E-state index contributed by atoms with van der Waals surface area (Å²) < 4.78 is 2.35. The smallest absolute Gasteiger partial charge is 0.164 e. The van der Waals surface area contributed by atoms with Crippen LogP contribution < -0.4 is 0 Å². The maximum atomic E-state index is 4.98.